The predicted molar refractivity (Wildman–Crippen MR) is 87.0 cm³/mol. The van der Waals surface area contributed by atoms with E-state index in [2.05, 4.69) is 25.2 Å². The zero-order valence-corrected chi connectivity index (χ0v) is 13.9. The maximum atomic E-state index is 10.2. The van der Waals surface area contributed by atoms with E-state index in [1.165, 1.54) is 10.9 Å². The second kappa shape index (κ2) is 6.96. The van der Waals surface area contributed by atoms with Crippen molar-refractivity contribution < 1.29 is 20.1 Å². The largest absolute Gasteiger partial charge is 0.394 e. The molecule has 136 valence electrons. The van der Waals surface area contributed by atoms with Crippen LogP contribution in [-0.2, 0) is 4.74 Å². The number of fused-ring (bicyclic) bond motifs is 1. The summed E-state index contributed by atoms with van der Waals surface area (Å²) < 4.78 is 6.93. The highest BCUT2D eigenvalue weighted by molar-refractivity contribution is 5.82. The standard InChI is InChI=1S/C14H21N7O4/c1-6(2)3-17-20-14-18-11(15)8-12(19-14)21(5-16-8)13-10(24)9(23)7(4-22)25-13/h5-7,9-10,13,22-24H,3-4H2,1-2H3,(H2,15,18,19)/t7-,9-,10-,13?/m1/s1. The molecule has 2 aromatic heterocycles. The molecular weight excluding hydrogens is 330 g/mol. The highest BCUT2D eigenvalue weighted by atomic mass is 16.6. The second-order valence-electron chi connectivity index (χ2n) is 6.28. The third-order valence-electron chi connectivity index (χ3n) is 3.83. The van der Waals surface area contributed by atoms with Crippen molar-refractivity contribution in [2.75, 3.05) is 18.9 Å². The van der Waals surface area contributed by atoms with Crippen LogP contribution in [0.2, 0.25) is 0 Å². The Kier molecular flexibility index (Phi) is 4.90. The Morgan fingerprint density at radius 2 is 2.08 bits per heavy atom. The first-order valence-electron chi connectivity index (χ1n) is 7.92. The van der Waals surface area contributed by atoms with Gasteiger partial charge in [-0.3, -0.25) is 4.57 Å². The van der Waals surface area contributed by atoms with Crippen LogP contribution >= 0.6 is 0 Å². The molecule has 11 nitrogen and oxygen atoms in total. The fraction of sp³-hybridized carbons (Fsp3) is 0.643. The van der Waals surface area contributed by atoms with Crippen LogP contribution in [0, 0.1) is 5.92 Å². The molecule has 1 aliphatic rings. The number of rotatable bonds is 5. The monoisotopic (exact) mass is 351 g/mol. The Balaban J connectivity index is 1.97. The van der Waals surface area contributed by atoms with E-state index < -0.39 is 31.1 Å². The lowest BCUT2D eigenvalue weighted by Gasteiger charge is -2.16. The van der Waals surface area contributed by atoms with Crippen LogP contribution in [0.4, 0.5) is 11.8 Å². The number of aromatic nitrogens is 4. The summed E-state index contributed by atoms with van der Waals surface area (Å²) in [5.41, 5.74) is 6.51. The van der Waals surface area contributed by atoms with Gasteiger partial charge in [-0.05, 0) is 5.92 Å². The third kappa shape index (κ3) is 3.31. The molecular formula is C14H21N7O4. The Bertz CT molecular complexity index is 778. The summed E-state index contributed by atoms with van der Waals surface area (Å²) in [7, 11) is 0. The molecule has 5 N–H and O–H groups in total. The van der Waals surface area contributed by atoms with E-state index in [1.807, 2.05) is 13.8 Å². The van der Waals surface area contributed by atoms with Gasteiger partial charge >= 0.3 is 0 Å². The van der Waals surface area contributed by atoms with Gasteiger partial charge in [0.2, 0.25) is 0 Å². The summed E-state index contributed by atoms with van der Waals surface area (Å²) in [6, 6.07) is 0. The van der Waals surface area contributed by atoms with E-state index in [-0.39, 0.29) is 11.8 Å². The van der Waals surface area contributed by atoms with E-state index >= 15 is 0 Å². The number of nitrogens with zero attached hydrogens (tertiary/aromatic N) is 6. The van der Waals surface area contributed by atoms with E-state index in [0.29, 0.717) is 23.6 Å². The lowest BCUT2D eigenvalue weighted by atomic mass is 10.1. The van der Waals surface area contributed by atoms with Crippen molar-refractivity contribution in [1.82, 2.24) is 19.5 Å². The summed E-state index contributed by atoms with van der Waals surface area (Å²) in [6.07, 6.45) is -2.97. The molecule has 0 aromatic carbocycles. The van der Waals surface area contributed by atoms with Crippen molar-refractivity contribution in [2.45, 2.75) is 38.4 Å². The van der Waals surface area contributed by atoms with E-state index in [9.17, 15) is 15.3 Å². The molecule has 1 fully saturated rings. The molecule has 2 aromatic rings. The number of hydrogen-bond acceptors (Lipinski definition) is 10. The van der Waals surface area contributed by atoms with Gasteiger partial charge in [0.05, 0.1) is 19.5 Å². The first-order valence-corrected chi connectivity index (χ1v) is 7.92. The third-order valence-corrected chi connectivity index (χ3v) is 3.83. The summed E-state index contributed by atoms with van der Waals surface area (Å²) in [5.74, 6) is 0.530. The van der Waals surface area contributed by atoms with Crippen LogP contribution in [0.3, 0.4) is 0 Å². The fourth-order valence-electron chi connectivity index (χ4n) is 2.53. The number of ether oxygens (including phenoxy) is 1. The molecule has 4 atom stereocenters. The highest BCUT2D eigenvalue weighted by Gasteiger charge is 2.44. The average molecular weight is 351 g/mol. The molecule has 0 bridgehead atoms. The first-order chi connectivity index (χ1) is 11.9. The van der Waals surface area contributed by atoms with Gasteiger partial charge in [0.15, 0.2) is 17.7 Å². The van der Waals surface area contributed by atoms with Gasteiger partial charge in [0.1, 0.15) is 23.8 Å². The fourth-order valence-corrected chi connectivity index (χ4v) is 2.53. The minimum absolute atomic E-state index is 0.0687. The summed E-state index contributed by atoms with van der Waals surface area (Å²) in [4.78, 5) is 12.4. The van der Waals surface area contributed by atoms with E-state index in [0.717, 1.165) is 0 Å². The molecule has 0 saturated carbocycles. The van der Waals surface area contributed by atoms with Crippen LogP contribution in [0.1, 0.15) is 20.1 Å². The molecule has 25 heavy (non-hydrogen) atoms. The number of imidazole rings is 1. The number of azo groups is 1. The topological polar surface area (TPSA) is 164 Å². The Labute approximate surface area is 143 Å². The van der Waals surface area contributed by atoms with Crippen LogP contribution in [0.25, 0.3) is 11.2 Å². The van der Waals surface area contributed by atoms with Gasteiger partial charge in [-0.25, -0.2) is 4.98 Å². The first kappa shape index (κ1) is 17.6. The van der Waals surface area contributed by atoms with Gasteiger partial charge < -0.3 is 25.8 Å². The van der Waals surface area contributed by atoms with Gasteiger partial charge in [-0.2, -0.15) is 15.1 Å². The van der Waals surface area contributed by atoms with Crippen molar-refractivity contribution in [2.24, 2.45) is 16.1 Å². The van der Waals surface area contributed by atoms with E-state index in [1.54, 1.807) is 0 Å². The van der Waals surface area contributed by atoms with Crippen LogP contribution in [0.15, 0.2) is 16.6 Å². The minimum Gasteiger partial charge on any atom is -0.394 e. The van der Waals surface area contributed by atoms with Crippen molar-refractivity contribution in [3.63, 3.8) is 0 Å². The lowest BCUT2D eigenvalue weighted by Crippen LogP contribution is -2.33. The summed E-state index contributed by atoms with van der Waals surface area (Å²) in [6.45, 7) is 4.12. The molecule has 0 aliphatic carbocycles. The van der Waals surface area contributed by atoms with Crippen LogP contribution in [0.5, 0.6) is 0 Å². The Morgan fingerprint density at radius 1 is 1.32 bits per heavy atom. The lowest BCUT2D eigenvalue weighted by molar-refractivity contribution is -0.0511. The van der Waals surface area contributed by atoms with Crippen molar-refractivity contribution in [3.05, 3.63) is 6.33 Å². The predicted octanol–water partition coefficient (Wildman–Crippen LogP) is -0.240. The Hall–Kier alpha value is -2.21. The van der Waals surface area contributed by atoms with E-state index in [4.69, 9.17) is 10.5 Å². The number of nitrogen functional groups attached to an aromatic ring is 1. The molecule has 1 saturated heterocycles. The number of anilines is 1. The molecule has 0 radical (unpaired) electrons. The molecule has 3 rings (SSSR count). The molecule has 11 heteroatoms. The van der Waals surface area contributed by atoms with Crippen molar-refractivity contribution in [1.29, 1.82) is 0 Å². The van der Waals surface area contributed by atoms with Gasteiger partial charge in [-0.15, -0.1) is 5.11 Å². The number of aliphatic hydroxyl groups excluding tert-OH is 3. The van der Waals surface area contributed by atoms with Crippen LogP contribution < -0.4 is 5.73 Å². The Morgan fingerprint density at radius 3 is 2.72 bits per heavy atom. The molecule has 1 unspecified atom stereocenters. The van der Waals surface area contributed by atoms with Gasteiger partial charge in [0.25, 0.3) is 5.95 Å². The number of nitrogens with two attached hydrogens (primary N) is 1. The maximum absolute atomic E-state index is 10.2. The minimum atomic E-state index is -1.25. The molecule has 0 amide bonds. The SMILES string of the molecule is CC(C)CN=Nc1nc(N)c2ncn(C3O[C@H](CO)[C@@H](O)[C@H]3O)c2n1. The highest BCUT2D eigenvalue weighted by Crippen LogP contribution is 2.32. The zero-order valence-electron chi connectivity index (χ0n) is 13.9. The maximum Gasteiger partial charge on any atom is 0.272 e. The van der Waals surface area contributed by atoms with Crippen molar-refractivity contribution in [3.8, 4) is 0 Å². The van der Waals surface area contributed by atoms with Crippen LogP contribution in [-0.4, -0.2) is 66.3 Å². The number of hydrogen-bond donors (Lipinski definition) is 4. The molecule has 1 aliphatic heterocycles. The van der Waals surface area contributed by atoms with Crippen molar-refractivity contribution >= 4 is 22.9 Å². The average Bonchev–Trinajstić information content (AvgIpc) is 3.10. The van der Waals surface area contributed by atoms with Gasteiger partial charge in [0, 0.05) is 0 Å². The number of aliphatic hydroxyl groups is 3. The molecule has 0 spiro atoms. The summed E-state index contributed by atoms with van der Waals surface area (Å²) >= 11 is 0. The second-order valence-corrected chi connectivity index (χ2v) is 6.28. The van der Waals surface area contributed by atoms with Gasteiger partial charge in [-0.1, -0.05) is 13.8 Å². The summed E-state index contributed by atoms with van der Waals surface area (Å²) in [5, 5.41) is 37.3. The molecule has 3 heterocycles. The smallest absolute Gasteiger partial charge is 0.272 e. The normalized spacial score (nSPS) is 27.1. The quantitative estimate of drug-likeness (QED) is 0.536. The zero-order chi connectivity index (χ0) is 18.1.